The molecule has 1 spiro atoms. The molecule has 47 heavy (non-hydrogen) atoms. The van der Waals surface area contributed by atoms with Crippen LogP contribution in [0.3, 0.4) is 0 Å². The minimum Gasteiger partial charge on any atom is -0.386 e. The van der Waals surface area contributed by atoms with Gasteiger partial charge in [0.1, 0.15) is 17.2 Å². The van der Waals surface area contributed by atoms with E-state index in [1.54, 1.807) is 18.2 Å². The van der Waals surface area contributed by atoms with E-state index in [4.69, 9.17) is 39.3 Å². The summed E-state index contributed by atoms with van der Waals surface area (Å²) in [6, 6.07) is 20.6. The van der Waals surface area contributed by atoms with Crippen LogP contribution in [0.2, 0.25) is 10.0 Å². The fraction of sp³-hybridized carbons (Fsp3) is 0.421. The van der Waals surface area contributed by atoms with Gasteiger partial charge in [0.15, 0.2) is 0 Å². The molecule has 248 valence electrons. The van der Waals surface area contributed by atoms with Gasteiger partial charge in [-0.3, -0.25) is 20.0 Å². The molecular formula is C38H45Cl2N5O2. The number of carbonyl (C=O) groups excluding carboxylic acids is 2. The van der Waals surface area contributed by atoms with Crippen molar-refractivity contribution in [2.75, 3.05) is 6.54 Å². The third-order valence-electron chi connectivity index (χ3n) is 9.67. The van der Waals surface area contributed by atoms with E-state index in [1.165, 1.54) is 0 Å². The second kappa shape index (κ2) is 14.2. The zero-order valence-electron chi connectivity index (χ0n) is 27.7. The number of hydrogen-bond acceptors (Lipinski definition) is 4. The summed E-state index contributed by atoms with van der Waals surface area (Å²) in [7, 11) is 0. The molecule has 5 rings (SSSR count). The molecule has 3 aromatic rings. The summed E-state index contributed by atoms with van der Waals surface area (Å²) in [4.78, 5) is 34.9. The standard InChI is InChI=1S/C38H45Cl2N5O2/c1-5-6-10-32(24-11-13-25(14-12-24)35(46)43-23-33(41)42)45-36(47)34(44-38(45)17-15-29(16-18-38)37(2,3)4)27-9-7-8-26(19-27)28-20-30(39)22-31(40)21-28/h7-9,11-14,19-22,29,32H,5-6,10,15-18,23H2,1-4H3,(H3,41,42)(H,43,46). The van der Waals surface area contributed by atoms with Gasteiger partial charge in [-0.05, 0) is 96.5 Å². The van der Waals surface area contributed by atoms with Crippen LogP contribution in [-0.2, 0) is 4.79 Å². The fourth-order valence-corrected chi connectivity index (χ4v) is 7.60. The van der Waals surface area contributed by atoms with Gasteiger partial charge in [-0.25, -0.2) is 0 Å². The predicted octanol–water partition coefficient (Wildman–Crippen LogP) is 8.82. The van der Waals surface area contributed by atoms with Gasteiger partial charge in [0.05, 0.1) is 12.6 Å². The van der Waals surface area contributed by atoms with Crippen LogP contribution in [0.4, 0.5) is 0 Å². The lowest BCUT2D eigenvalue weighted by molar-refractivity contribution is -0.133. The molecule has 0 aromatic heterocycles. The molecule has 4 N–H and O–H groups in total. The highest BCUT2D eigenvalue weighted by Crippen LogP contribution is 2.50. The molecule has 1 aliphatic heterocycles. The Balaban J connectivity index is 1.54. The Kier molecular flexibility index (Phi) is 10.5. The van der Waals surface area contributed by atoms with Gasteiger partial charge >= 0.3 is 0 Å². The monoisotopic (exact) mass is 673 g/mol. The first kappa shape index (κ1) is 34.6. The maximum Gasteiger partial charge on any atom is 0.275 e. The molecule has 3 aromatic carbocycles. The number of benzene rings is 3. The molecule has 9 heteroatoms. The lowest BCUT2D eigenvalue weighted by atomic mass is 9.69. The summed E-state index contributed by atoms with van der Waals surface area (Å²) in [5, 5.41) is 11.2. The molecule has 1 unspecified atom stereocenters. The molecule has 0 radical (unpaired) electrons. The Labute approximate surface area is 288 Å². The van der Waals surface area contributed by atoms with E-state index in [0.717, 1.165) is 67.2 Å². The Morgan fingerprint density at radius 1 is 1.02 bits per heavy atom. The van der Waals surface area contributed by atoms with Crippen LogP contribution in [0.15, 0.2) is 71.7 Å². The summed E-state index contributed by atoms with van der Waals surface area (Å²) in [6.07, 6.45) is 6.27. The van der Waals surface area contributed by atoms with Gasteiger partial charge in [0.2, 0.25) is 0 Å². The molecule has 2 amide bonds. The van der Waals surface area contributed by atoms with E-state index in [-0.39, 0.29) is 35.7 Å². The van der Waals surface area contributed by atoms with E-state index in [0.29, 0.717) is 27.2 Å². The summed E-state index contributed by atoms with van der Waals surface area (Å²) >= 11 is 12.7. The van der Waals surface area contributed by atoms with E-state index >= 15 is 0 Å². The molecule has 1 saturated carbocycles. The minimum atomic E-state index is -0.653. The van der Waals surface area contributed by atoms with Crippen LogP contribution in [-0.4, -0.2) is 40.5 Å². The van der Waals surface area contributed by atoms with Crippen molar-refractivity contribution in [3.8, 4) is 11.1 Å². The van der Waals surface area contributed by atoms with Crippen LogP contribution >= 0.6 is 23.2 Å². The number of nitrogens with zero attached hydrogens (tertiary/aromatic N) is 2. The van der Waals surface area contributed by atoms with Gasteiger partial charge in [0, 0.05) is 21.2 Å². The highest BCUT2D eigenvalue weighted by Gasteiger charge is 2.52. The smallest absolute Gasteiger partial charge is 0.275 e. The van der Waals surface area contributed by atoms with E-state index < -0.39 is 5.66 Å². The number of unbranched alkanes of at least 4 members (excludes halogenated alkanes) is 1. The maximum atomic E-state index is 14.8. The highest BCUT2D eigenvalue weighted by molar-refractivity contribution is 6.47. The number of nitrogens with one attached hydrogen (secondary N) is 2. The average molecular weight is 675 g/mol. The second-order valence-electron chi connectivity index (χ2n) is 14.0. The highest BCUT2D eigenvalue weighted by atomic mass is 35.5. The predicted molar refractivity (Wildman–Crippen MR) is 192 cm³/mol. The van der Waals surface area contributed by atoms with E-state index in [1.807, 2.05) is 48.5 Å². The van der Waals surface area contributed by atoms with Gasteiger partial charge in [0.25, 0.3) is 11.8 Å². The number of carbonyl (C=O) groups is 2. The van der Waals surface area contributed by atoms with Crippen molar-refractivity contribution < 1.29 is 9.59 Å². The Hall–Kier alpha value is -3.68. The third-order valence-corrected chi connectivity index (χ3v) is 10.1. The molecular weight excluding hydrogens is 629 g/mol. The number of amidine groups is 1. The van der Waals surface area contributed by atoms with Crippen LogP contribution in [0.25, 0.3) is 11.1 Å². The largest absolute Gasteiger partial charge is 0.386 e. The first-order valence-electron chi connectivity index (χ1n) is 16.5. The molecule has 1 atom stereocenters. The summed E-state index contributed by atoms with van der Waals surface area (Å²) < 4.78 is 0. The quantitative estimate of drug-likeness (QED) is 0.148. The molecule has 7 nitrogen and oxygen atoms in total. The number of halogens is 2. The maximum absolute atomic E-state index is 14.8. The first-order chi connectivity index (χ1) is 22.3. The molecule has 2 aliphatic rings. The Bertz CT molecular complexity index is 1650. The van der Waals surface area contributed by atoms with E-state index in [9.17, 15) is 9.59 Å². The molecule has 1 heterocycles. The van der Waals surface area contributed by atoms with Gasteiger partial charge in [-0.2, -0.15) is 0 Å². The van der Waals surface area contributed by atoms with Crippen LogP contribution in [0, 0.1) is 16.7 Å². The van der Waals surface area contributed by atoms with Crippen molar-refractivity contribution in [1.29, 1.82) is 5.41 Å². The molecule has 0 bridgehead atoms. The van der Waals surface area contributed by atoms with Gasteiger partial charge in [-0.15, -0.1) is 0 Å². The molecule has 0 saturated heterocycles. The number of nitrogens with two attached hydrogens (primary N) is 1. The Morgan fingerprint density at radius 2 is 1.66 bits per heavy atom. The lowest BCUT2D eigenvalue weighted by Gasteiger charge is -2.47. The summed E-state index contributed by atoms with van der Waals surface area (Å²) in [5.41, 5.74) is 9.44. The third kappa shape index (κ3) is 7.73. The van der Waals surface area contributed by atoms with Crippen molar-refractivity contribution in [2.45, 2.75) is 84.3 Å². The molecule has 1 aliphatic carbocycles. The Morgan fingerprint density at radius 3 is 2.26 bits per heavy atom. The average Bonchev–Trinajstić information content (AvgIpc) is 3.30. The second-order valence-corrected chi connectivity index (χ2v) is 14.9. The van der Waals surface area contributed by atoms with Crippen molar-refractivity contribution in [1.82, 2.24) is 10.2 Å². The fourth-order valence-electron chi connectivity index (χ4n) is 7.07. The number of amides is 2. The summed E-state index contributed by atoms with van der Waals surface area (Å²) in [6.45, 7) is 9.05. The number of hydrogen-bond donors (Lipinski definition) is 3. The zero-order valence-corrected chi connectivity index (χ0v) is 29.2. The SMILES string of the molecule is CCCCC(c1ccc(C(=O)NCC(=N)N)cc1)N1C(=O)C(c2cccc(-c3cc(Cl)cc(Cl)c3)c2)=NC12CCC(C(C)(C)C)CC2. The van der Waals surface area contributed by atoms with Gasteiger partial charge in [-0.1, -0.05) is 94.1 Å². The normalized spacial score (nSPS) is 20.3. The van der Waals surface area contributed by atoms with Crippen LogP contribution < -0.4 is 11.1 Å². The van der Waals surface area contributed by atoms with Crippen LogP contribution in [0.5, 0.6) is 0 Å². The van der Waals surface area contributed by atoms with Crippen molar-refractivity contribution in [3.63, 3.8) is 0 Å². The summed E-state index contributed by atoms with van der Waals surface area (Å²) in [5.74, 6) is 0.0795. The first-order valence-corrected chi connectivity index (χ1v) is 17.3. The van der Waals surface area contributed by atoms with Crippen molar-refractivity contribution in [3.05, 3.63) is 93.5 Å². The van der Waals surface area contributed by atoms with Crippen molar-refractivity contribution in [2.24, 2.45) is 22.1 Å². The minimum absolute atomic E-state index is 0.00820. The lowest BCUT2D eigenvalue weighted by Crippen LogP contribution is -2.51. The van der Waals surface area contributed by atoms with Gasteiger partial charge < -0.3 is 16.0 Å². The zero-order chi connectivity index (χ0) is 33.9. The number of rotatable bonds is 10. The topological polar surface area (TPSA) is 112 Å². The molecule has 1 fully saturated rings. The van der Waals surface area contributed by atoms with E-state index in [2.05, 4.69) is 37.9 Å². The van der Waals surface area contributed by atoms with Crippen molar-refractivity contribution >= 4 is 46.6 Å². The van der Waals surface area contributed by atoms with Crippen LogP contribution in [0.1, 0.15) is 100 Å². The number of aliphatic imine (C=N–C) groups is 1.